The lowest BCUT2D eigenvalue weighted by Gasteiger charge is -2.08. The van der Waals surface area contributed by atoms with Crippen molar-refractivity contribution in [1.29, 1.82) is 0 Å². The van der Waals surface area contributed by atoms with Crippen molar-refractivity contribution in [1.82, 2.24) is 15.3 Å². The van der Waals surface area contributed by atoms with Crippen LogP contribution in [0, 0.1) is 6.92 Å². The number of aromatic nitrogens is 2. The minimum absolute atomic E-state index is 0.218. The summed E-state index contributed by atoms with van der Waals surface area (Å²) >= 11 is 0. The monoisotopic (exact) mass is 326 g/mol. The lowest BCUT2D eigenvalue weighted by molar-refractivity contribution is 0.0949. The molecule has 0 spiro atoms. The molecule has 0 aliphatic carbocycles. The van der Waals surface area contributed by atoms with Crippen molar-refractivity contribution in [2.45, 2.75) is 13.3 Å². The van der Waals surface area contributed by atoms with Gasteiger partial charge in [-0.1, -0.05) is 18.2 Å². The fourth-order valence-electron chi connectivity index (χ4n) is 2.17. The fraction of sp³-hybridized carbons (Fsp3) is 0.278. The van der Waals surface area contributed by atoms with E-state index in [4.69, 9.17) is 4.74 Å². The van der Waals surface area contributed by atoms with Crippen molar-refractivity contribution in [3.05, 3.63) is 59.9 Å². The van der Waals surface area contributed by atoms with Gasteiger partial charge in [0.05, 0.1) is 7.11 Å². The number of hydrogen-bond donors (Lipinski definition) is 2. The van der Waals surface area contributed by atoms with Crippen LogP contribution in [0.4, 0.5) is 5.95 Å². The maximum absolute atomic E-state index is 12.3. The van der Waals surface area contributed by atoms with E-state index in [1.165, 1.54) is 0 Å². The Hall–Kier alpha value is -2.89. The summed E-state index contributed by atoms with van der Waals surface area (Å²) in [5.41, 5.74) is 2.18. The highest BCUT2D eigenvalue weighted by atomic mass is 16.5. The number of carbonyl (C=O) groups is 1. The normalized spacial score (nSPS) is 10.1. The number of benzene rings is 1. The number of nitrogens with one attached hydrogen (secondary N) is 2. The molecule has 1 aromatic carbocycles. The van der Waals surface area contributed by atoms with Crippen molar-refractivity contribution in [3.63, 3.8) is 0 Å². The molecule has 2 aromatic rings. The average molecular weight is 326 g/mol. The molecule has 0 atom stereocenters. The highest BCUT2D eigenvalue weighted by Gasteiger charge is 2.10. The Morgan fingerprint density at radius 2 is 2.17 bits per heavy atom. The Morgan fingerprint density at radius 1 is 1.33 bits per heavy atom. The molecular weight excluding hydrogens is 304 g/mol. The van der Waals surface area contributed by atoms with Crippen molar-refractivity contribution < 1.29 is 9.53 Å². The molecule has 0 radical (unpaired) electrons. The zero-order valence-electron chi connectivity index (χ0n) is 14.0. The molecule has 0 saturated carbocycles. The molecule has 0 aliphatic heterocycles. The Balaban J connectivity index is 1.94. The number of ether oxygens (including phenoxy) is 1. The predicted molar refractivity (Wildman–Crippen MR) is 94.5 cm³/mol. The van der Waals surface area contributed by atoms with Crippen LogP contribution >= 0.6 is 0 Å². The average Bonchev–Trinajstić information content (AvgIpc) is 2.59. The van der Waals surface area contributed by atoms with E-state index in [9.17, 15) is 4.79 Å². The van der Waals surface area contributed by atoms with Gasteiger partial charge < -0.3 is 15.4 Å². The molecule has 0 unspecified atom stereocenters. The first-order valence-electron chi connectivity index (χ1n) is 7.74. The second-order valence-electron chi connectivity index (χ2n) is 5.25. The van der Waals surface area contributed by atoms with Crippen LogP contribution in [0.15, 0.2) is 43.0 Å². The van der Waals surface area contributed by atoms with Gasteiger partial charge in [0.25, 0.3) is 5.91 Å². The number of anilines is 1. The van der Waals surface area contributed by atoms with E-state index < -0.39 is 0 Å². The molecule has 24 heavy (non-hydrogen) atoms. The van der Waals surface area contributed by atoms with Gasteiger partial charge in [0.15, 0.2) is 0 Å². The zero-order chi connectivity index (χ0) is 17.4. The quantitative estimate of drug-likeness (QED) is 0.728. The third-order valence-corrected chi connectivity index (χ3v) is 3.32. The predicted octanol–water partition coefficient (Wildman–Crippen LogP) is 2.36. The zero-order valence-corrected chi connectivity index (χ0v) is 14.0. The summed E-state index contributed by atoms with van der Waals surface area (Å²) in [6, 6.07) is 9.45. The Bertz CT molecular complexity index is 716. The summed E-state index contributed by atoms with van der Waals surface area (Å²) in [6.45, 7) is 6.52. The van der Waals surface area contributed by atoms with E-state index in [0.29, 0.717) is 31.2 Å². The Labute approximate surface area is 142 Å². The molecular formula is C18H22N4O2. The first kappa shape index (κ1) is 17.5. The van der Waals surface area contributed by atoms with Crippen LogP contribution in [0.2, 0.25) is 0 Å². The van der Waals surface area contributed by atoms with Gasteiger partial charge in [-0.3, -0.25) is 4.79 Å². The van der Waals surface area contributed by atoms with Crippen LogP contribution in [-0.2, 0) is 6.42 Å². The number of rotatable bonds is 8. The molecule has 126 valence electrons. The van der Waals surface area contributed by atoms with Gasteiger partial charge in [-0.2, -0.15) is 0 Å². The van der Waals surface area contributed by atoms with Gasteiger partial charge >= 0.3 is 0 Å². The van der Waals surface area contributed by atoms with Crippen LogP contribution in [0.25, 0.3) is 0 Å². The topological polar surface area (TPSA) is 76.1 Å². The van der Waals surface area contributed by atoms with Gasteiger partial charge in [-0.05, 0) is 37.1 Å². The summed E-state index contributed by atoms with van der Waals surface area (Å²) in [5.74, 6) is 1.01. The molecule has 6 heteroatoms. The lowest BCUT2D eigenvalue weighted by Crippen LogP contribution is -2.27. The molecule has 1 aromatic heterocycles. The van der Waals surface area contributed by atoms with Crippen LogP contribution in [-0.4, -0.2) is 36.1 Å². The molecule has 0 fully saturated rings. The van der Waals surface area contributed by atoms with Gasteiger partial charge in [0, 0.05) is 18.8 Å². The second kappa shape index (κ2) is 8.67. The molecule has 0 aliphatic rings. The van der Waals surface area contributed by atoms with E-state index in [1.807, 2.05) is 31.2 Å². The third kappa shape index (κ3) is 5.08. The first-order valence-corrected chi connectivity index (χ1v) is 7.74. The van der Waals surface area contributed by atoms with E-state index in [2.05, 4.69) is 27.2 Å². The molecule has 1 heterocycles. The largest absolute Gasteiger partial charge is 0.497 e. The van der Waals surface area contributed by atoms with Crippen LogP contribution in [0.5, 0.6) is 5.75 Å². The van der Waals surface area contributed by atoms with Crippen molar-refractivity contribution in [2.75, 3.05) is 25.5 Å². The number of aryl methyl sites for hydroxylation is 1. The van der Waals surface area contributed by atoms with Crippen molar-refractivity contribution in [2.24, 2.45) is 0 Å². The summed E-state index contributed by atoms with van der Waals surface area (Å²) in [5, 5.41) is 5.87. The number of hydrogen-bond acceptors (Lipinski definition) is 5. The molecule has 2 N–H and O–H groups in total. The van der Waals surface area contributed by atoms with E-state index in [0.717, 1.165) is 17.0 Å². The fourth-order valence-corrected chi connectivity index (χ4v) is 2.17. The molecule has 0 bridgehead atoms. The summed E-state index contributed by atoms with van der Waals surface area (Å²) in [7, 11) is 1.64. The lowest BCUT2D eigenvalue weighted by atomic mass is 10.1. The summed E-state index contributed by atoms with van der Waals surface area (Å²) < 4.78 is 5.19. The number of carbonyl (C=O) groups excluding carboxylic acids is 1. The van der Waals surface area contributed by atoms with E-state index in [1.54, 1.807) is 19.3 Å². The number of nitrogens with zero attached hydrogens (tertiary/aromatic N) is 2. The molecule has 2 rings (SSSR count). The van der Waals surface area contributed by atoms with Gasteiger partial charge in [0.1, 0.15) is 11.4 Å². The van der Waals surface area contributed by atoms with Crippen molar-refractivity contribution in [3.8, 4) is 5.75 Å². The standard InChI is InChI=1S/C18H22N4O2/c1-4-9-20-18-21-13(2)11-16(22-18)17(23)19-10-8-14-6-5-7-15(12-14)24-3/h4-7,11-12H,1,8-10H2,2-3H3,(H,19,23)(H,20,21,22). The highest BCUT2D eigenvalue weighted by molar-refractivity contribution is 5.92. The minimum atomic E-state index is -0.218. The number of methoxy groups -OCH3 is 1. The SMILES string of the molecule is C=CCNc1nc(C)cc(C(=O)NCCc2cccc(OC)c2)n1. The van der Waals surface area contributed by atoms with E-state index in [-0.39, 0.29) is 5.91 Å². The minimum Gasteiger partial charge on any atom is -0.497 e. The van der Waals surface area contributed by atoms with Crippen LogP contribution in [0.3, 0.4) is 0 Å². The molecule has 6 nitrogen and oxygen atoms in total. The van der Waals surface area contributed by atoms with E-state index >= 15 is 0 Å². The summed E-state index contributed by atoms with van der Waals surface area (Å²) in [4.78, 5) is 20.7. The second-order valence-corrected chi connectivity index (χ2v) is 5.25. The first-order chi connectivity index (χ1) is 11.6. The Morgan fingerprint density at radius 3 is 2.92 bits per heavy atom. The van der Waals surface area contributed by atoms with Crippen LogP contribution in [0.1, 0.15) is 21.7 Å². The number of amides is 1. The smallest absolute Gasteiger partial charge is 0.270 e. The van der Waals surface area contributed by atoms with Crippen molar-refractivity contribution >= 4 is 11.9 Å². The maximum atomic E-state index is 12.3. The Kier molecular flexibility index (Phi) is 6.31. The van der Waals surface area contributed by atoms with Gasteiger partial charge in [-0.25, -0.2) is 9.97 Å². The maximum Gasteiger partial charge on any atom is 0.270 e. The summed E-state index contributed by atoms with van der Waals surface area (Å²) in [6.07, 6.45) is 2.42. The van der Waals surface area contributed by atoms with Crippen LogP contribution < -0.4 is 15.4 Å². The third-order valence-electron chi connectivity index (χ3n) is 3.32. The molecule has 1 amide bonds. The van der Waals surface area contributed by atoms with Gasteiger partial charge in [0.2, 0.25) is 5.95 Å². The molecule has 0 saturated heterocycles. The van der Waals surface area contributed by atoms with Gasteiger partial charge in [-0.15, -0.1) is 6.58 Å². The highest BCUT2D eigenvalue weighted by Crippen LogP contribution is 2.12.